The predicted octanol–water partition coefficient (Wildman–Crippen LogP) is 4.93. The third kappa shape index (κ3) is 4.00. The highest BCUT2D eigenvalue weighted by Gasteiger charge is 2.68. The Bertz CT molecular complexity index is 1350. The highest BCUT2D eigenvalue weighted by atomic mass is 35.5. The van der Waals surface area contributed by atoms with Gasteiger partial charge in [-0.05, 0) is 48.9 Å². The summed E-state index contributed by atoms with van der Waals surface area (Å²) in [5.41, 5.74) is -0.668. The first kappa shape index (κ1) is 21.9. The number of rotatable bonds is 7. The first-order valence-corrected chi connectivity index (χ1v) is 11.1. The lowest BCUT2D eigenvalue weighted by molar-refractivity contribution is -0.164. The van der Waals surface area contributed by atoms with Crippen molar-refractivity contribution in [1.29, 1.82) is 0 Å². The molecule has 9 heteroatoms. The molecule has 0 spiro atoms. The molecule has 0 atom stereocenters. The zero-order chi connectivity index (χ0) is 23.4. The van der Waals surface area contributed by atoms with Gasteiger partial charge in [0.1, 0.15) is 11.6 Å². The molecule has 1 N–H and O–H groups in total. The number of carbonyl (C=O) groups is 2. The van der Waals surface area contributed by atoms with Gasteiger partial charge in [-0.15, -0.1) is 0 Å². The van der Waals surface area contributed by atoms with Gasteiger partial charge in [0.25, 0.3) is 5.91 Å². The monoisotopic (exact) mass is 489 g/mol. The summed E-state index contributed by atoms with van der Waals surface area (Å²) in [6.07, 6.45) is 2.20. The number of hydrogen-bond acceptors (Lipinski definition) is 5. The van der Waals surface area contributed by atoms with Crippen molar-refractivity contribution in [2.75, 3.05) is 6.61 Å². The Hall–Kier alpha value is -2.90. The minimum atomic E-state index is -0.620. The van der Waals surface area contributed by atoms with Crippen molar-refractivity contribution >= 4 is 45.9 Å². The van der Waals surface area contributed by atoms with Crippen LogP contribution in [-0.2, 0) is 4.79 Å². The molecule has 1 aromatic heterocycles. The number of halogens is 3. The van der Waals surface area contributed by atoms with Crippen LogP contribution in [-0.4, -0.2) is 23.8 Å². The van der Waals surface area contributed by atoms with Crippen LogP contribution in [0, 0.1) is 11.2 Å². The number of Topliss-reactive ketones (excluding diaryl/α,β-unsaturated/α-hetero) is 1. The van der Waals surface area contributed by atoms with Crippen LogP contribution in [0.3, 0.4) is 0 Å². The molecular weight excluding hydrogens is 472 g/mol. The van der Waals surface area contributed by atoms with E-state index in [1.54, 1.807) is 18.2 Å². The minimum absolute atomic E-state index is 0.00740. The van der Waals surface area contributed by atoms with Gasteiger partial charge in [-0.3, -0.25) is 14.4 Å². The fraction of sp³-hybridized carbons (Fsp3) is 0.292. The molecule has 1 amide bonds. The van der Waals surface area contributed by atoms with Crippen LogP contribution in [0.15, 0.2) is 51.7 Å². The third-order valence-corrected chi connectivity index (χ3v) is 6.93. The fourth-order valence-electron chi connectivity index (χ4n) is 5.07. The number of carbonyl (C=O) groups excluding carboxylic acids is 2. The highest BCUT2D eigenvalue weighted by molar-refractivity contribution is 6.34. The second kappa shape index (κ2) is 7.85. The Balaban J connectivity index is 1.16. The van der Waals surface area contributed by atoms with Gasteiger partial charge in [0, 0.05) is 24.1 Å². The van der Waals surface area contributed by atoms with Crippen molar-refractivity contribution in [1.82, 2.24) is 5.32 Å². The van der Waals surface area contributed by atoms with E-state index >= 15 is 0 Å². The number of benzene rings is 2. The van der Waals surface area contributed by atoms with Crippen LogP contribution in [0.2, 0.25) is 10.0 Å². The Labute approximate surface area is 197 Å². The lowest BCUT2D eigenvalue weighted by Crippen LogP contribution is -2.75. The fourth-order valence-corrected chi connectivity index (χ4v) is 5.40. The summed E-state index contributed by atoms with van der Waals surface area (Å²) in [4.78, 5) is 37.4. The number of fused-ring (bicyclic) bond motifs is 1. The molecule has 0 aliphatic heterocycles. The molecule has 170 valence electrons. The minimum Gasteiger partial charge on any atom is -0.484 e. The molecule has 1 heterocycles. The lowest BCUT2D eigenvalue weighted by Gasteiger charge is -2.70. The number of ketones is 1. The predicted molar refractivity (Wildman–Crippen MR) is 121 cm³/mol. The second-order valence-corrected chi connectivity index (χ2v) is 9.73. The van der Waals surface area contributed by atoms with E-state index in [1.165, 1.54) is 18.2 Å². The van der Waals surface area contributed by atoms with Crippen molar-refractivity contribution in [2.45, 2.75) is 31.2 Å². The Morgan fingerprint density at radius 3 is 2.58 bits per heavy atom. The normalized spacial score (nSPS) is 22.9. The molecule has 0 unspecified atom stereocenters. The SMILES string of the molecule is O=C(COc1ccc(Cl)c(F)c1)NC12CC(CC(=O)c3cc(=O)c4cccc(Cl)c4o3)(C1)C2. The first-order valence-electron chi connectivity index (χ1n) is 10.3. The summed E-state index contributed by atoms with van der Waals surface area (Å²) in [5, 5.41) is 3.53. The van der Waals surface area contributed by atoms with Crippen LogP contribution >= 0.6 is 23.2 Å². The average molecular weight is 490 g/mol. The summed E-state index contributed by atoms with van der Waals surface area (Å²) in [5.74, 6) is -0.998. The van der Waals surface area contributed by atoms with Crippen LogP contribution < -0.4 is 15.5 Å². The van der Waals surface area contributed by atoms with Gasteiger partial charge in [0.15, 0.2) is 29.2 Å². The molecule has 33 heavy (non-hydrogen) atoms. The maximum absolute atomic E-state index is 13.5. The van der Waals surface area contributed by atoms with Crippen molar-refractivity contribution < 1.29 is 23.1 Å². The lowest BCUT2D eigenvalue weighted by atomic mass is 9.38. The molecule has 0 radical (unpaired) electrons. The third-order valence-electron chi connectivity index (χ3n) is 6.32. The second-order valence-electron chi connectivity index (χ2n) is 8.91. The maximum atomic E-state index is 13.5. The Morgan fingerprint density at radius 2 is 1.85 bits per heavy atom. The Morgan fingerprint density at radius 1 is 1.09 bits per heavy atom. The van der Waals surface area contributed by atoms with E-state index in [-0.39, 0.29) is 68.2 Å². The molecule has 3 saturated carbocycles. The molecule has 0 saturated heterocycles. The zero-order valence-electron chi connectivity index (χ0n) is 17.3. The smallest absolute Gasteiger partial charge is 0.258 e. The van der Waals surface area contributed by atoms with Crippen molar-refractivity contribution in [3.63, 3.8) is 0 Å². The van der Waals surface area contributed by atoms with Crippen molar-refractivity contribution in [2.24, 2.45) is 5.41 Å². The number of para-hydroxylation sites is 1. The number of nitrogens with one attached hydrogen (secondary N) is 1. The summed E-state index contributed by atoms with van der Waals surface area (Å²) >= 11 is 11.7. The van der Waals surface area contributed by atoms with Gasteiger partial charge in [0.2, 0.25) is 0 Å². The van der Waals surface area contributed by atoms with Crippen molar-refractivity contribution in [3.05, 3.63) is 74.3 Å². The highest BCUT2D eigenvalue weighted by Crippen LogP contribution is 2.69. The zero-order valence-corrected chi connectivity index (χ0v) is 18.8. The summed E-state index contributed by atoms with van der Waals surface area (Å²) in [6.45, 7) is -0.252. The van der Waals surface area contributed by atoms with E-state index in [0.717, 1.165) is 6.07 Å². The quantitative estimate of drug-likeness (QED) is 0.475. The largest absolute Gasteiger partial charge is 0.484 e. The topological polar surface area (TPSA) is 85.6 Å². The van der Waals surface area contributed by atoms with Gasteiger partial charge in [-0.25, -0.2) is 4.39 Å². The molecule has 3 aliphatic carbocycles. The summed E-state index contributed by atoms with van der Waals surface area (Å²) < 4.78 is 24.4. The maximum Gasteiger partial charge on any atom is 0.258 e. The molecule has 3 aliphatic rings. The Kier molecular flexibility index (Phi) is 5.21. The van der Waals surface area contributed by atoms with E-state index in [1.807, 2.05) is 0 Å². The van der Waals surface area contributed by atoms with Crippen LogP contribution in [0.25, 0.3) is 11.0 Å². The van der Waals surface area contributed by atoms with Gasteiger partial charge in [-0.2, -0.15) is 0 Å². The van der Waals surface area contributed by atoms with E-state index in [2.05, 4.69) is 5.32 Å². The average Bonchev–Trinajstić information content (AvgIpc) is 2.72. The molecule has 2 bridgehead atoms. The number of hydrogen-bond donors (Lipinski definition) is 1. The molecule has 6 rings (SSSR count). The van der Waals surface area contributed by atoms with Crippen LogP contribution in [0.1, 0.15) is 36.2 Å². The molecule has 2 aromatic carbocycles. The van der Waals surface area contributed by atoms with Crippen LogP contribution in [0.5, 0.6) is 5.75 Å². The molecule has 3 aromatic rings. The van der Waals surface area contributed by atoms with Crippen molar-refractivity contribution in [3.8, 4) is 5.75 Å². The number of ether oxygens (including phenoxy) is 1. The van der Waals surface area contributed by atoms with E-state index < -0.39 is 5.82 Å². The van der Waals surface area contributed by atoms with Crippen LogP contribution in [0.4, 0.5) is 4.39 Å². The molecular formula is C24H18Cl2FNO5. The summed E-state index contributed by atoms with van der Waals surface area (Å²) in [6, 6.07) is 10.0. The first-order chi connectivity index (χ1) is 15.7. The van der Waals surface area contributed by atoms with Gasteiger partial charge in [-0.1, -0.05) is 29.3 Å². The van der Waals surface area contributed by atoms with E-state index in [9.17, 15) is 18.8 Å². The van der Waals surface area contributed by atoms with Gasteiger partial charge >= 0.3 is 0 Å². The van der Waals surface area contributed by atoms with E-state index in [4.69, 9.17) is 32.4 Å². The molecule has 6 nitrogen and oxygen atoms in total. The number of amides is 1. The van der Waals surface area contributed by atoms with E-state index in [0.29, 0.717) is 24.6 Å². The van der Waals surface area contributed by atoms with Gasteiger partial charge < -0.3 is 14.5 Å². The molecule has 3 fully saturated rings. The summed E-state index contributed by atoms with van der Waals surface area (Å²) in [7, 11) is 0. The van der Waals surface area contributed by atoms with Gasteiger partial charge in [0.05, 0.1) is 15.4 Å². The standard InChI is InChI=1S/C24H18Cl2FNO5/c25-15-5-4-13(6-17(15)27)32-9-21(31)28-24-10-23(11-24,12-24)8-19(30)20-7-18(29)14-2-1-3-16(26)22(14)33-20/h1-7H,8-12H2,(H,28,31).